The lowest BCUT2D eigenvalue weighted by Crippen LogP contribution is -2.49. The van der Waals surface area contributed by atoms with Crippen LogP contribution in [-0.2, 0) is 0 Å². The Morgan fingerprint density at radius 1 is 1.29 bits per heavy atom. The summed E-state index contributed by atoms with van der Waals surface area (Å²) in [7, 11) is 2.13. The molecule has 0 radical (unpaired) electrons. The fraction of sp³-hybridized carbons (Fsp3) is 0.500. The summed E-state index contributed by atoms with van der Waals surface area (Å²) in [6.07, 6.45) is 1.77. The van der Waals surface area contributed by atoms with Crippen molar-refractivity contribution in [3.63, 3.8) is 0 Å². The number of hydrazone groups is 1. The number of likely N-dealkylation sites (N-methyl/N-ethyl adjacent to an activating group) is 1. The standard InChI is InChI=1S/C14H19BrFN5/c1-18-6-7-19(10-21-11-20(15)9-17-21)14(8-18)12-2-4-13(16)5-3-12/h2-5,9,14H,6-8,10-11H2,1H3. The summed E-state index contributed by atoms with van der Waals surface area (Å²) in [6, 6.07) is 7.11. The molecule has 7 heteroatoms. The third-order valence-electron chi connectivity index (χ3n) is 3.93. The fourth-order valence-electron chi connectivity index (χ4n) is 2.78. The van der Waals surface area contributed by atoms with Crippen molar-refractivity contribution < 1.29 is 4.39 Å². The second-order valence-corrected chi connectivity index (χ2v) is 6.47. The van der Waals surface area contributed by atoms with Crippen molar-refractivity contribution in [3.8, 4) is 0 Å². The highest BCUT2D eigenvalue weighted by atomic mass is 79.9. The molecule has 5 nitrogen and oxygen atoms in total. The number of hydrogen-bond acceptors (Lipinski definition) is 5. The van der Waals surface area contributed by atoms with E-state index < -0.39 is 0 Å². The van der Waals surface area contributed by atoms with Gasteiger partial charge in [0.25, 0.3) is 0 Å². The van der Waals surface area contributed by atoms with E-state index in [2.05, 4.69) is 38.1 Å². The van der Waals surface area contributed by atoms with Crippen molar-refractivity contribution >= 4 is 22.5 Å². The van der Waals surface area contributed by atoms with Crippen LogP contribution >= 0.6 is 16.1 Å². The van der Waals surface area contributed by atoms with Gasteiger partial charge in [-0.2, -0.15) is 5.10 Å². The Morgan fingerprint density at radius 3 is 2.71 bits per heavy atom. The molecule has 0 spiro atoms. The van der Waals surface area contributed by atoms with Crippen LogP contribution < -0.4 is 0 Å². The van der Waals surface area contributed by atoms with E-state index in [1.165, 1.54) is 12.1 Å². The fourth-order valence-corrected chi connectivity index (χ4v) is 3.12. The SMILES string of the molecule is CN1CCN(CN2CN(Br)C=N2)C(c2ccc(F)cc2)C1. The van der Waals surface area contributed by atoms with Gasteiger partial charge in [0.15, 0.2) is 0 Å². The van der Waals surface area contributed by atoms with Gasteiger partial charge >= 0.3 is 0 Å². The molecule has 0 aliphatic carbocycles. The molecular formula is C14H19BrFN5. The number of benzene rings is 1. The Balaban J connectivity index is 1.73. The predicted octanol–water partition coefficient (Wildman–Crippen LogP) is 1.90. The topological polar surface area (TPSA) is 25.3 Å². The average molecular weight is 356 g/mol. The summed E-state index contributed by atoms with van der Waals surface area (Å²) >= 11 is 3.39. The number of piperazine rings is 1. The van der Waals surface area contributed by atoms with Crippen molar-refractivity contribution in [1.29, 1.82) is 0 Å². The number of halogens is 2. The van der Waals surface area contributed by atoms with Crippen molar-refractivity contribution in [1.82, 2.24) is 18.7 Å². The first-order chi connectivity index (χ1) is 10.1. The second kappa shape index (κ2) is 6.29. The molecule has 1 atom stereocenters. The lowest BCUT2D eigenvalue weighted by atomic mass is 10.0. The van der Waals surface area contributed by atoms with Crippen LogP contribution in [0.3, 0.4) is 0 Å². The van der Waals surface area contributed by atoms with Gasteiger partial charge in [0.2, 0.25) is 0 Å². The van der Waals surface area contributed by atoms with Crippen molar-refractivity contribution in [2.24, 2.45) is 5.10 Å². The Bertz CT molecular complexity index is 509. The summed E-state index contributed by atoms with van der Waals surface area (Å²) in [6.45, 7) is 4.47. The Labute approximate surface area is 132 Å². The molecule has 1 aromatic carbocycles. The summed E-state index contributed by atoms with van der Waals surface area (Å²) in [5.74, 6) is -0.187. The smallest absolute Gasteiger partial charge is 0.123 e. The van der Waals surface area contributed by atoms with Crippen LogP contribution in [0.5, 0.6) is 0 Å². The van der Waals surface area contributed by atoms with Crippen molar-refractivity contribution in [3.05, 3.63) is 35.6 Å². The minimum atomic E-state index is -0.187. The van der Waals surface area contributed by atoms with Crippen LogP contribution in [0, 0.1) is 5.82 Å². The van der Waals surface area contributed by atoms with Crippen molar-refractivity contribution in [2.75, 3.05) is 40.0 Å². The largest absolute Gasteiger partial charge is 0.303 e. The van der Waals surface area contributed by atoms with E-state index in [4.69, 9.17) is 0 Å². The minimum Gasteiger partial charge on any atom is -0.303 e. The third kappa shape index (κ3) is 3.53. The van der Waals surface area contributed by atoms with Crippen LogP contribution in [0.4, 0.5) is 4.39 Å². The first-order valence-electron chi connectivity index (χ1n) is 7.01. The summed E-state index contributed by atoms with van der Waals surface area (Å²) in [5, 5.41) is 6.35. The van der Waals surface area contributed by atoms with Gasteiger partial charge in [-0.1, -0.05) is 12.1 Å². The molecule has 1 unspecified atom stereocenters. The van der Waals surface area contributed by atoms with Gasteiger partial charge in [0.1, 0.15) is 18.8 Å². The maximum atomic E-state index is 13.1. The highest BCUT2D eigenvalue weighted by Crippen LogP contribution is 2.26. The van der Waals surface area contributed by atoms with Gasteiger partial charge < -0.3 is 4.90 Å². The molecule has 0 saturated carbocycles. The molecule has 0 N–H and O–H groups in total. The lowest BCUT2D eigenvalue weighted by Gasteiger charge is -2.41. The molecule has 0 amide bonds. The predicted molar refractivity (Wildman–Crippen MR) is 84.2 cm³/mol. The quantitative estimate of drug-likeness (QED) is 0.773. The van der Waals surface area contributed by atoms with Gasteiger partial charge in [-0.05, 0) is 24.7 Å². The van der Waals surface area contributed by atoms with Crippen LogP contribution in [0.2, 0.25) is 0 Å². The average Bonchev–Trinajstić information content (AvgIpc) is 2.87. The molecule has 2 heterocycles. The molecule has 0 aromatic heterocycles. The van der Waals surface area contributed by atoms with Gasteiger partial charge in [0, 0.05) is 25.7 Å². The first kappa shape index (κ1) is 14.7. The van der Waals surface area contributed by atoms with Gasteiger partial charge in [-0.25, -0.2) is 4.39 Å². The van der Waals surface area contributed by atoms with Crippen LogP contribution in [-0.4, -0.2) is 65.1 Å². The molecule has 21 heavy (non-hydrogen) atoms. The monoisotopic (exact) mass is 355 g/mol. The van der Waals surface area contributed by atoms with Gasteiger partial charge in [0.05, 0.1) is 22.8 Å². The van der Waals surface area contributed by atoms with E-state index >= 15 is 0 Å². The zero-order valence-electron chi connectivity index (χ0n) is 12.0. The summed E-state index contributed by atoms with van der Waals surface area (Å²) in [5.41, 5.74) is 1.15. The molecule has 1 aromatic rings. The highest BCUT2D eigenvalue weighted by molar-refractivity contribution is 9.07. The Kier molecular flexibility index (Phi) is 4.42. The van der Waals surface area contributed by atoms with Gasteiger partial charge in [-0.3, -0.25) is 13.8 Å². The van der Waals surface area contributed by atoms with Crippen LogP contribution in [0.1, 0.15) is 11.6 Å². The maximum absolute atomic E-state index is 13.1. The first-order valence-corrected chi connectivity index (χ1v) is 7.72. The van der Waals surface area contributed by atoms with E-state index in [-0.39, 0.29) is 11.9 Å². The van der Waals surface area contributed by atoms with Gasteiger partial charge in [-0.15, -0.1) is 0 Å². The minimum absolute atomic E-state index is 0.187. The van der Waals surface area contributed by atoms with E-state index in [0.717, 1.165) is 38.5 Å². The summed E-state index contributed by atoms with van der Waals surface area (Å²) in [4.78, 5) is 4.71. The van der Waals surface area contributed by atoms with Crippen LogP contribution in [0.15, 0.2) is 29.4 Å². The zero-order valence-corrected chi connectivity index (χ0v) is 13.6. The molecule has 3 rings (SSSR count). The molecule has 2 aliphatic rings. The molecule has 114 valence electrons. The number of hydrogen-bond donors (Lipinski definition) is 0. The molecule has 1 saturated heterocycles. The number of nitrogens with zero attached hydrogens (tertiary/aromatic N) is 5. The molecule has 0 bridgehead atoms. The highest BCUT2D eigenvalue weighted by Gasteiger charge is 2.28. The Morgan fingerprint density at radius 2 is 2.05 bits per heavy atom. The molecule has 1 fully saturated rings. The van der Waals surface area contributed by atoms with E-state index in [0.29, 0.717) is 0 Å². The van der Waals surface area contributed by atoms with E-state index in [1.807, 2.05) is 21.1 Å². The van der Waals surface area contributed by atoms with E-state index in [1.54, 1.807) is 6.34 Å². The van der Waals surface area contributed by atoms with Crippen molar-refractivity contribution in [2.45, 2.75) is 6.04 Å². The summed E-state index contributed by atoms with van der Waals surface area (Å²) < 4.78 is 15.0. The molecule has 2 aliphatic heterocycles. The zero-order chi connectivity index (χ0) is 14.8. The molecular weight excluding hydrogens is 337 g/mol. The second-order valence-electron chi connectivity index (χ2n) is 5.56. The lowest BCUT2D eigenvalue weighted by molar-refractivity contribution is 0.0366. The van der Waals surface area contributed by atoms with E-state index in [9.17, 15) is 4.39 Å². The Hall–Kier alpha value is -1.18. The third-order valence-corrected chi connectivity index (χ3v) is 4.34. The normalized spacial score (nSPS) is 24.0. The number of rotatable bonds is 3. The maximum Gasteiger partial charge on any atom is 0.123 e. The van der Waals surface area contributed by atoms with Crippen LogP contribution in [0.25, 0.3) is 0 Å².